The van der Waals surface area contributed by atoms with Crippen molar-refractivity contribution in [3.8, 4) is 0 Å². The van der Waals surface area contributed by atoms with Crippen LogP contribution in [0.15, 0.2) is 96.7 Å². The lowest BCUT2D eigenvalue weighted by Crippen LogP contribution is -2.50. The largest absolute Gasteiger partial charge is 0.368 e. The van der Waals surface area contributed by atoms with E-state index in [-0.39, 0.29) is 17.5 Å². The van der Waals surface area contributed by atoms with E-state index in [1.807, 2.05) is 54.6 Å². The quantitative estimate of drug-likeness (QED) is 0.650. The normalized spacial score (nSPS) is 14.3. The predicted molar refractivity (Wildman–Crippen MR) is 124 cm³/mol. The molecule has 3 aromatic carbocycles. The highest BCUT2D eigenvalue weighted by molar-refractivity contribution is 6.05. The highest BCUT2D eigenvalue weighted by Gasteiger charge is 2.25. The number of anilines is 1. The number of para-hydroxylation sites is 1. The van der Waals surface area contributed by atoms with Crippen LogP contribution in [0.4, 0.5) is 5.69 Å². The maximum Gasteiger partial charge on any atom is 0.270 e. The molecular formula is C26H25N3O2. The number of amides is 2. The minimum absolute atomic E-state index is 0.166. The summed E-state index contributed by atoms with van der Waals surface area (Å²) in [6, 6.07) is 28.7. The second-order valence-corrected chi connectivity index (χ2v) is 7.40. The third kappa shape index (κ3) is 5.20. The number of hydrogen-bond acceptors (Lipinski definition) is 3. The lowest BCUT2D eigenvalue weighted by Gasteiger charge is -2.36. The van der Waals surface area contributed by atoms with E-state index in [4.69, 9.17) is 0 Å². The van der Waals surface area contributed by atoms with Crippen LogP contribution in [0.3, 0.4) is 0 Å². The van der Waals surface area contributed by atoms with Gasteiger partial charge in [0, 0.05) is 37.4 Å². The smallest absolute Gasteiger partial charge is 0.270 e. The van der Waals surface area contributed by atoms with E-state index in [1.165, 1.54) is 0 Å². The van der Waals surface area contributed by atoms with Crippen molar-refractivity contribution in [3.05, 3.63) is 108 Å². The lowest BCUT2D eigenvalue weighted by atomic mass is 10.1. The van der Waals surface area contributed by atoms with E-state index < -0.39 is 0 Å². The SMILES string of the molecule is O=C(N/C(=C\c1ccccc1)C(=O)N1CCN(c2ccccc2)CC1)c1ccccc1. The molecule has 1 heterocycles. The number of carbonyl (C=O) groups excluding carboxylic acids is 2. The van der Waals surface area contributed by atoms with E-state index in [0.717, 1.165) is 24.3 Å². The average Bonchev–Trinajstić information content (AvgIpc) is 2.85. The van der Waals surface area contributed by atoms with Gasteiger partial charge >= 0.3 is 0 Å². The van der Waals surface area contributed by atoms with Crippen LogP contribution in [0.2, 0.25) is 0 Å². The number of rotatable bonds is 5. The minimum Gasteiger partial charge on any atom is -0.368 e. The maximum absolute atomic E-state index is 13.3. The topological polar surface area (TPSA) is 52.7 Å². The van der Waals surface area contributed by atoms with Gasteiger partial charge in [0.1, 0.15) is 5.70 Å². The number of carbonyl (C=O) groups is 2. The van der Waals surface area contributed by atoms with Gasteiger partial charge in [-0.3, -0.25) is 9.59 Å². The molecular weight excluding hydrogens is 386 g/mol. The molecule has 0 aromatic heterocycles. The van der Waals surface area contributed by atoms with Crippen molar-refractivity contribution in [2.45, 2.75) is 0 Å². The van der Waals surface area contributed by atoms with E-state index in [0.29, 0.717) is 18.7 Å². The van der Waals surface area contributed by atoms with Crippen molar-refractivity contribution in [1.29, 1.82) is 0 Å². The number of benzene rings is 3. The summed E-state index contributed by atoms with van der Waals surface area (Å²) in [4.78, 5) is 30.2. The maximum atomic E-state index is 13.3. The van der Waals surface area contributed by atoms with Gasteiger partial charge in [0.25, 0.3) is 11.8 Å². The van der Waals surface area contributed by atoms with Gasteiger partial charge in [-0.05, 0) is 35.9 Å². The first kappa shape index (κ1) is 20.4. The molecule has 0 aliphatic carbocycles. The molecule has 3 aromatic rings. The van der Waals surface area contributed by atoms with Crippen molar-refractivity contribution in [2.24, 2.45) is 0 Å². The molecule has 1 aliphatic heterocycles. The molecule has 1 fully saturated rings. The predicted octanol–water partition coefficient (Wildman–Crippen LogP) is 3.81. The Bertz CT molecular complexity index is 1040. The third-order valence-electron chi connectivity index (χ3n) is 5.31. The van der Waals surface area contributed by atoms with E-state index >= 15 is 0 Å². The molecule has 0 bridgehead atoms. The fourth-order valence-corrected chi connectivity index (χ4v) is 3.63. The van der Waals surface area contributed by atoms with E-state index in [2.05, 4.69) is 22.3 Å². The summed E-state index contributed by atoms with van der Waals surface area (Å²) < 4.78 is 0. The van der Waals surface area contributed by atoms with Crippen molar-refractivity contribution in [1.82, 2.24) is 10.2 Å². The highest BCUT2D eigenvalue weighted by Crippen LogP contribution is 2.17. The zero-order valence-electron chi connectivity index (χ0n) is 17.3. The summed E-state index contributed by atoms with van der Waals surface area (Å²) >= 11 is 0. The highest BCUT2D eigenvalue weighted by atomic mass is 16.2. The fourth-order valence-electron chi connectivity index (χ4n) is 3.63. The van der Waals surface area contributed by atoms with Crippen molar-refractivity contribution in [2.75, 3.05) is 31.1 Å². The first-order chi connectivity index (χ1) is 15.2. The molecule has 0 atom stereocenters. The fraction of sp³-hybridized carbons (Fsp3) is 0.154. The minimum atomic E-state index is -0.293. The third-order valence-corrected chi connectivity index (χ3v) is 5.31. The zero-order valence-corrected chi connectivity index (χ0v) is 17.3. The lowest BCUT2D eigenvalue weighted by molar-refractivity contribution is -0.127. The summed E-state index contributed by atoms with van der Waals surface area (Å²) in [5.41, 5.74) is 2.82. The Balaban J connectivity index is 1.50. The van der Waals surface area contributed by atoms with Crippen LogP contribution in [0, 0.1) is 0 Å². The molecule has 0 spiro atoms. The molecule has 156 valence electrons. The van der Waals surface area contributed by atoms with Crippen LogP contribution >= 0.6 is 0 Å². The second kappa shape index (κ2) is 9.76. The van der Waals surface area contributed by atoms with Gasteiger partial charge in [0.05, 0.1) is 0 Å². The molecule has 1 saturated heterocycles. The standard InChI is InChI=1S/C26H25N3O2/c30-25(22-12-6-2-7-13-22)27-24(20-21-10-4-1-5-11-21)26(31)29-18-16-28(17-19-29)23-14-8-3-9-15-23/h1-15,20H,16-19H2,(H,27,30)/b24-20-. The zero-order chi connectivity index (χ0) is 21.5. The Hall–Kier alpha value is -3.86. The molecule has 2 amide bonds. The summed E-state index contributed by atoms with van der Waals surface area (Å²) in [5, 5.41) is 2.84. The molecule has 0 radical (unpaired) electrons. The molecule has 1 N–H and O–H groups in total. The van der Waals surface area contributed by atoms with Gasteiger partial charge in [-0.1, -0.05) is 66.7 Å². The monoisotopic (exact) mass is 411 g/mol. The van der Waals surface area contributed by atoms with Gasteiger partial charge in [0.2, 0.25) is 0 Å². The van der Waals surface area contributed by atoms with Gasteiger partial charge in [-0.15, -0.1) is 0 Å². The van der Waals surface area contributed by atoms with Gasteiger partial charge in [0.15, 0.2) is 0 Å². The van der Waals surface area contributed by atoms with Crippen molar-refractivity contribution in [3.63, 3.8) is 0 Å². The molecule has 1 aliphatic rings. The van der Waals surface area contributed by atoms with Gasteiger partial charge < -0.3 is 15.1 Å². The molecule has 0 saturated carbocycles. The first-order valence-corrected chi connectivity index (χ1v) is 10.4. The Morgan fingerprint density at radius 1 is 0.710 bits per heavy atom. The van der Waals surface area contributed by atoms with Gasteiger partial charge in [-0.25, -0.2) is 0 Å². The molecule has 5 heteroatoms. The molecule has 4 rings (SSSR count). The summed E-state index contributed by atoms with van der Waals surface area (Å²) in [6.07, 6.45) is 1.74. The summed E-state index contributed by atoms with van der Waals surface area (Å²) in [5.74, 6) is -0.458. The van der Waals surface area contributed by atoms with Crippen molar-refractivity contribution < 1.29 is 9.59 Å². The van der Waals surface area contributed by atoms with Gasteiger partial charge in [-0.2, -0.15) is 0 Å². The summed E-state index contributed by atoms with van der Waals surface area (Å²) in [7, 11) is 0. The van der Waals surface area contributed by atoms with E-state index in [1.54, 1.807) is 35.2 Å². The van der Waals surface area contributed by atoms with Crippen LogP contribution in [-0.4, -0.2) is 42.9 Å². The average molecular weight is 412 g/mol. The molecule has 5 nitrogen and oxygen atoms in total. The van der Waals surface area contributed by atoms with Crippen LogP contribution in [0.5, 0.6) is 0 Å². The van der Waals surface area contributed by atoms with Crippen LogP contribution in [0.1, 0.15) is 15.9 Å². The Labute approximate surface area is 182 Å². The van der Waals surface area contributed by atoms with Crippen LogP contribution in [-0.2, 0) is 4.79 Å². The number of hydrogen-bond donors (Lipinski definition) is 1. The number of nitrogens with one attached hydrogen (secondary N) is 1. The first-order valence-electron chi connectivity index (χ1n) is 10.4. The van der Waals surface area contributed by atoms with E-state index in [9.17, 15) is 9.59 Å². The Kier molecular flexibility index (Phi) is 6.43. The van der Waals surface area contributed by atoms with Crippen LogP contribution in [0.25, 0.3) is 6.08 Å². The second-order valence-electron chi connectivity index (χ2n) is 7.40. The van der Waals surface area contributed by atoms with Crippen molar-refractivity contribution >= 4 is 23.6 Å². The number of nitrogens with zero attached hydrogens (tertiary/aromatic N) is 2. The summed E-state index contributed by atoms with van der Waals surface area (Å²) in [6.45, 7) is 2.70. The molecule has 0 unspecified atom stereocenters. The Morgan fingerprint density at radius 2 is 1.26 bits per heavy atom. The van der Waals surface area contributed by atoms with Crippen LogP contribution < -0.4 is 10.2 Å². The number of piperazine rings is 1. The Morgan fingerprint density at radius 3 is 1.87 bits per heavy atom. The molecule has 31 heavy (non-hydrogen) atoms.